The standard InChI is InChI=1S/C25H22N2O/c1-14-5-6-17-21(11-14)27-24-22(17)23(28)19-12-15(2)18(13-20(19)25(24,3)4)16-7-9-26-10-8-16/h5-13,27H,1-4H3. The predicted molar refractivity (Wildman–Crippen MR) is 113 cm³/mol. The first-order chi connectivity index (χ1) is 13.4. The molecule has 2 aromatic carbocycles. The van der Waals surface area contributed by atoms with Crippen molar-refractivity contribution >= 4 is 16.7 Å². The van der Waals surface area contributed by atoms with Gasteiger partial charge >= 0.3 is 0 Å². The van der Waals surface area contributed by atoms with Crippen LogP contribution in [0.4, 0.5) is 0 Å². The quantitative estimate of drug-likeness (QED) is 0.468. The highest BCUT2D eigenvalue weighted by Crippen LogP contribution is 2.45. The summed E-state index contributed by atoms with van der Waals surface area (Å²) < 4.78 is 0. The number of nitrogens with one attached hydrogen (secondary N) is 1. The molecule has 28 heavy (non-hydrogen) atoms. The van der Waals surface area contributed by atoms with Gasteiger partial charge in [0.25, 0.3) is 0 Å². The molecule has 0 unspecified atom stereocenters. The van der Waals surface area contributed by atoms with Gasteiger partial charge < -0.3 is 4.98 Å². The van der Waals surface area contributed by atoms with E-state index in [-0.39, 0.29) is 11.2 Å². The van der Waals surface area contributed by atoms with E-state index in [4.69, 9.17) is 0 Å². The van der Waals surface area contributed by atoms with Crippen molar-refractivity contribution in [3.05, 3.63) is 88.4 Å². The number of rotatable bonds is 1. The fourth-order valence-electron chi connectivity index (χ4n) is 4.54. The number of hydrogen-bond donors (Lipinski definition) is 1. The summed E-state index contributed by atoms with van der Waals surface area (Å²) in [5.41, 5.74) is 9.02. The second-order valence-corrected chi connectivity index (χ2v) is 8.33. The summed E-state index contributed by atoms with van der Waals surface area (Å²) in [6, 6.07) is 14.5. The molecule has 0 fully saturated rings. The lowest BCUT2D eigenvalue weighted by molar-refractivity contribution is 0.103. The summed E-state index contributed by atoms with van der Waals surface area (Å²) in [5, 5.41) is 1.01. The molecule has 0 spiro atoms. The lowest BCUT2D eigenvalue weighted by Crippen LogP contribution is -2.30. The summed E-state index contributed by atoms with van der Waals surface area (Å²) in [5.74, 6) is 0.115. The Hall–Kier alpha value is -3.20. The van der Waals surface area contributed by atoms with Crippen LogP contribution in [0.1, 0.15) is 52.2 Å². The Labute approximate surface area is 164 Å². The Morgan fingerprint density at radius 3 is 2.43 bits per heavy atom. The molecule has 1 N–H and O–H groups in total. The van der Waals surface area contributed by atoms with Crippen LogP contribution in [0.3, 0.4) is 0 Å². The molecule has 2 aromatic heterocycles. The molecule has 2 heterocycles. The third kappa shape index (κ3) is 2.22. The zero-order valence-corrected chi connectivity index (χ0v) is 16.6. The van der Waals surface area contributed by atoms with E-state index >= 15 is 0 Å². The van der Waals surface area contributed by atoms with Crippen molar-refractivity contribution in [3.63, 3.8) is 0 Å². The molecule has 5 rings (SSSR count). The minimum atomic E-state index is -0.291. The van der Waals surface area contributed by atoms with Crippen LogP contribution in [0.25, 0.3) is 22.0 Å². The summed E-state index contributed by atoms with van der Waals surface area (Å²) in [6.07, 6.45) is 3.62. The van der Waals surface area contributed by atoms with Gasteiger partial charge in [-0.15, -0.1) is 0 Å². The van der Waals surface area contributed by atoms with Crippen molar-refractivity contribution in [1.82, 2.24) is 9.97 Å². The number of benzene rings is 2. The maximum absolute atomic E-state index is 13.5. The first-order valence-corrected chi connectivity index (χ1v) is 9.61. The number of fused-ring (bicyclic) bond motifs is 4. The van der Waals surface area contributed by atoms with Crippen molar-refractivity contribution < 1.29 is 4.79 Å². The van der Waals surface area contributed by atoms with E-state index in [1.807, 2.05) is 24.5 Å². The number of pyridine rings is 1. The Kier molecular flexibility index (Phi) is 3.42. The molecule has 0 bridgehead atoms. The topological polar surface area (TPSA) is 45.8 Å². The third-order valence-corrected chi connectivity index (χ3v) is 6.08. The molecule has 4 aromatic rings. The van der Waals surface area contributed by atoms with E-state index in [9.17, 15) is 4.79 Å². The first kappa shape index (κ1) is 16.9. The number of aryl methyl sites for hydroxylation is 2. The molecule has 0 saturated heterocycles. The summed E-state index contributed by atoms with van der Waals surface area (Å²) in [4.78, 5) is 21.2. The second-order valence-electron chi connectivity index (χ2n) is 8.33. The average Bonchev–Trinajstić information content (AvgIpc) is 3.06. The van der Waals surface area contributed by atoms with Crippen LogP contribution in [-0.4, -0.2) is 15.8 Å². The van der Waals surface area contributed by atoms with Crippen molar-refractivity contribution in [2.24, 2.45) is 0 Å². The average molecular weight is 366 g/mol. The highest BCUT2D eigenvalue weighted by atomic mass is 16.1. The van der Waals surface area contributed by atoms with Crippen LogP contribution >= 0.6 is 0 Å². The summed E-state index contributed by atoms with van der Waals surface area (Å²) in [6.45, 7) is 8.55. The minimum absolute atomic E-state index is 0.115. The van der Waals surface area contributed by atoms with Crippen LogP contribution in [0.5, 0.6) is 0 Å². The number of carbonyl (C=O) groups is 1. The van der Waals surface area contributed by atoms with Gasteiger partial charge in [-0.1, -0.05) is 26.0 Å². The molecule has 3 heteroatoms. The van der Waals surface area contributed by atoms with Crippen LogP contribution in [0, 0.1) is 13.8 Å². The van der Waals surface area contributed by atoms with Gasteiger partial charge in [0.1, 0.15) is 0 Å². The molecular weight excluding hydrogens is 344 g/mol. The second kappa shape index (κ2) is 5.65. The van der Waals surface area contributed by atoms with E-state index in [0.717, 1.165) is 50.0 Å². The molecule has 0 aliphatic heterocycles. The van der Waals surface area contributed by atoms with Gasteiger partial charge in [-0.25, -0.2) is 0 Å². The number of ketones is 1. The fraction of sp³-hybridized carbons (Fsp3) is 0.200. The van der Waals surface area contributed by atoms with Gasteiger partial charge in [0.2, 0.25) is 0 Å². The largest absolute Gasteiger partial charge is 0.357 e. The van der Waals surface area contributed by atoms with Crippen molar-refractivity contribution in [3.8, 4) is 11.1 Å². The van der Waals surface area contributed by atoms with E-state index < -0.39 is 0 Å². The monoisotopic (exact) mass is 366 g/mol. The normalized spacial score (nSPS) is 14.8. The Morgan fingerprint density at radius 1 is 0.929 bits per heavy atom. The van der Waals surface area contributed by atoms with Crippen LogP contribution in [-0.2, 0) is 5.41 Å². The lowest BCUT2D eigenvalue weighted by atomic mass is 9.70. The van der Waals surface area contributed by atoms with Gasteiger partial charge in [-0.3, -0.25) is 9.78 Å². The van der Waals surface area contributed by atoms with Crippen molar-refractivity contribution in [2.45, 2.75) is 33.1 Å². The molecule has 1 aliphatic carbocycles. The molecule has 0 radical (unpaired) electrons. The SMILES string of the molecule is Cc1ccc2c3c([nH]c2c1)C(C)(C)c1cc(-c2ccncc2)c(C)cc1C3=O. The molecule has 1 aliphatic rings. The molecule has 3 nitrogen and oxygen atoms in total. The Morgan fingerprint density at radius 2 is 1.68 bits per heavy atom. The molecule has 0 amide bonds. The number of hydrogen-bond acceptors (Lipinski definition) is 2. The van der Waals surface area contributed by atoms with Gasteiger partial charge in [-0.2, -0.15) is 0 Å². The Bertz CT molecular complexity index is 1260. The fourth-order valence-corrected chi connectivity index (χ4v) is 4.54. The lowest BCUT2D eigenvalue weighted by Gasteiger charge is -2.33. The van der Waals surface area contributed by atoms with Gasteiger partial charge in [0.15, 0.2) is 5.78 Å². The number of carbonyl (C=O) groups excluding carboxylic acids is 1. The van der Waals surface area contributed by atoms with E-state index in [0.29, 0.717) is 0 Å². The van der Waals surface area contributed by atoms with Crippen LogP contribution < -0.4 is 0 Å². The minimum Gasteiger partial charge on any atom is -0.357 e. The van der Waals surface area contributed by atoms with Gasteiger partial charge in [-0.05, 0) is 72.0 Å². The smallest absolute Gasteiger partial charge is 0.195 e. The van der Waals surface area contributed by atoms with Gasteiger partial charge in [0, 0.05) is 40.0 Å². The predicted octanol–water partition coefficient (Wildman–Crippen LogP) is 5.72. The zero-order valence-electron chi connectivity index (χ0n) is 16.6. The number of aromatic amines is 1. The summed E-state index contributed by atoms with van der Waals surface area (Å²) in [7, 11) is 0. The van der Waals surface area contributed by atoms with Crippen molar-refractivity contribution in [2.75, 3.05) is 0 Å². The number of aromatic nitrogens is 2. The Balaban J connectivity index is 1.80. The van der Waals surface area contributed by atoms with E-state index in [2.05, 4.69) is 68.0 Å². The maximum atomic E-state index is 13.5. The molecule has 0 atom stereocenters. The van der Waals surface area contributed by atoms with E-state index in [1.165, 1.54) is 5.56 Å². The first-order valence-electron chi connectivity index (χ1n) is 9.61. The highest BCUT2D eigenvalue weighted by Gasteiger charge is 2.40. The molecular formula is C25H22N2O. The summed E-state index contributed by atoms with van der Waals surface area (Å²) >= 11 is 0. The van der Waals surface area contributed by atoms with Crippen LogP contribution in [0.2, 0.25) is 0 Å². The zero-order chi connectivity index (χ0) is 19.6. The number of nitrogens with zero attached hydrogens (tertiary/aromatic N) is 1. The number of H-pyrrole nitrogens is 1. The van der Waals surface area contributed by atoms with Crippen molar-refractivity contribution in [1.29, 1.82) is 0 Å². The molecule has 0 saturated carbocycles. The maximum Gasteiger partial charge on any atom is 0.195 e. The highest BCUT2D eigenvalue weighted by molar-refractivity contribution is 6.20. The van der Waals surface area contributed by atoms with Crippen LogP contribution in [0.15, 0.2) is 54.9 Å². The van der Waals surface area contributed by atoms with Gasteiger partial charge in [0.05, 0.1) is 5.56 Å². The van der Waals surface area contributed by atoms with E-state index in [1.54, 1.807) is 0 Å². The molecule has 138 valence electrons. The third-order valence-electron chi connectivity index (χ3n) is 6.08.